The first-order valence-corrected chi connectivity index (χ1v) is 7.58. The highest BCUT2D eigenvalue weighted by Gasteiger charge is 2.22. The van der Waals surface area contributed by atoms with Gasteiger partial charge in [-0.25, -0.2) is 9.97 Å². The molecule has 22 heavy (non-hydrogen) atoms. The first-order valence-electron chi connectivity index (χ1n) is 7.58. The van der Waals surface area contributed by atoms with Crippen LogP contribution in [-0.4, -0.2) is 33.4 Å². The highest BCUT2D eigenvalue weighted by atomic mass is 16.2. The van der Waals surface area contributed by atoms with Gasteiger partial charge in [-0.05, 0) is 31.4 Å². The molecular weight excluding hydrogens is 276 g/mol. The number of rotatable bonds is 3. The fourth-order valence-electron chi connectivity index (χ4n) is 2.68. The van der Waals surface area contributed by atoms with Crippen LogP contribution in [0.2, 0.25) is 0 Å². The third-order valence-corrected chi connectivity index (χ3v) is 3.74. The van der Waals surface area contributed by atoms with Crippen molar-refractivity contribution in [3.05, 3.63) is 53.5 Å². The minimum atomic E-state index is -0.0382. The Labute approximate surface area is 130 Å². The molecule has 5 heteroatoms. The Balaban J connectivity index is 1.77. The highest BCUT2D eigenvalue weighted by Crippen LogP contribution is 2.20. The molecule has 114 valence electrons. The Hall–Kier alpha value is -2.43. The van der Waals surface area contributed by atoms with Gasteiger partial charge in [0.15, 0.2) is 0 Å². The van der Waals surface area contributed by atoms with Crippen molar-refractivity contribution in [2.45, 2.75) is 32.9 Å². The second kappa shape index (κ2) is 6.13. The van der Waals surface area contributed by atoms with Gasteiger partial charge in [0.1, 0.15) is 17.8 Å². The summed E-state index contributed by atoms with van der Waals surface area (Å²) < 4.78 is 0. The number of nitrogens with zero attached hydrogens (tertiary/aromatic N) is 3. The van der Waals surface area contributed by atoms with Crippen molar-refractivity contribution < 1.29 is 4.79 Å². The van der Waals surface area contributed by atoms with Gasteiger partial charge in [-0.15, -0.1) is 0 Å². The normalized spacial score (nSPS) is 13.9. The van der Waals surface area contributed by atoms with Gasteiger partial charge in [0.2, 0.25) is 0 Å². The molecule has 1 aliphatic rings. The summed E-state index contributed by atoms with van der Waals surface area (Å²) in [6, 6.07) is 10.3. The molecule has 1 aliphatic heterocycles. The molecule has 0 fully saturated rings. The van der Waals surface area contributed by atoms with Crippen molar-refractivity contribution in [2.75, 3.05) is 11.9 Å². The molecule has 5 nitrogen and oxygen atoms in total. The topological polar surface area (TPSA) is 58.1 Å². The molecule has 1 N–H and O–H groups in total. The predicted molar refractivity (Wildman–Crippen MR) is 85.7 cm³/mol. The summed E-state index contributed by atoms with van der Waals surface area (Å²) in [7, 11) is 0. The fourth-order valence-corrected chi connectivity index (χ4v) is 2.68. The van der Waals surface area contributed by atoms with E-state index in [0.29, 0.717) is 18.1 Å². The van der Waals surface area contributed by atoms with Gasteiger partial charge in [0.25, 0.3) is 5.91 Å². The Kier molecular flexibility index (Phi) is 4.04. The van der Waals surface area contributed by atoms with Gasteiger partial charge >= 0.3 is 0 Å². The van der Waals surface area contributed by atoms with Crippen molar-refractivity contribution in [3.8, 4) is 0 Å². The van der Waals surface area contributed by atoms with Gasteiger partial charge in [-0.3, -0.25) is 4.79 Å². The number of fused-ring (bicyclic) bond motifs is 1. The van der Waals surface area contributed by atoms with E-state index in [2.05, 4.69) is 27.4 Å². The van der Waals surface area contributed by atoms with Crippen molar-refractivity contribution in [1.29, 1.82) is 0 Å². The number of aromatic nitrogens is 2. The van der Waals surface area contributed by atoms with Crippen LogP contribution in [0.4, 0.5) is 5.82 Å². The molecule has 1 amide bonds. The van der Waals surface area contributed by atoms with Gasteiger partial charge < -0.3 is 10.2 Å². The summed E-state index contributed by atoms with van der Waals surface area (Å²) in [6.45, 7) is 5.44. The summed E-state index contributed by atoms with van der Waals surface area (Å²) in [5.41, 5.74) is 2.99. The number of anilines is 1. The van der Waals surface area contributed by atoms with E-state index < -0.39 is 0 Å². The van der Waals surface area contributed by atoms with Gasteiger partial charge in [-0.2, -0.15) is 0 Å². The third kappa shape index (κ3) is 3.08. The Morgan fingerprint density at radius 2 is 2.00 bits per heavy atom. The molecule has 0 unspecified atom stereocenters. The van der Waals surface area contributed by atoms with Crippen LogP contribution in [0, 0.1) is 0 Å². The Bertz CT molecular complexity index is 684. The number of benzene rings is 1. The van der Waals surface area contributed by atoms with Crippen LogP contribution in [0.15, 0.2) is 36.7 Å². The number of carbonyl (C=O) groups excluding carboxylic acids is 1. The van der Waals surface area contributed by atoms with E-state index in [-0.39, 0.29) is 11.9 Å². The third-order valence-electron chi connectivity index (χ3n) is 3.74. The molecule has 1 aromatic heterocycles. The van der Waals surface area contributed by atoms with Crippen molar-refractivity contribution in [3.63, 3.8) is 0 Å². The van der Waals surface area contributed by atoms with Crippen LogP contribution in [0.5, 0.6) is 0 Å². The number of nitrogens with one attached hydrogen (secondary N) is 1. The summed E-state index contributed by atoms with van der Waals surface area (Å²) in [6.07, 6.45) is 2.33. The monoisotopic (exact) mass is 296 g/mol. The smallest absolute Gasteiger partial charge is 0.272 e. The van der Waals surface area contributed by atoms with Gasteiger partial charge in [0, 0.05) is 25.2 Å². The highest BCUT2D eigenvalue weighted by molar-refractivity contribution is 5.93. The number of hydrogen-bond donors (Lipinski definition) is 1. The summed E-state index contributed by atoms with van der Waals surface area (Å²) in [5.74, 6) is 0.648. The van der Waals surface area contributed by atoms with Crippen LogP contribution < -0.4 is 5.32 Å². The van der Waals surface area contributed by atoms with Gasteiger partial charge in [-0.1, -0.05) is 24.3 Å². The minimum absolute atomic E-state index is 0.0382. The van der Waals surface area contributed by atoms with Crippen LogP contribution in [-0.2, 0) is 13.0 Å². The van der Waals surface area contributed by atoms with Crippen LogP contribution in [0.1, 0.15) is 35.5 Å². The zero-order valence-electron chi connectivity index (χ0n) is 12.9. The maximum absolute atomic E-state index is 12.7. The standard InChI is InChI=1S/C17H20N4O/c1-12(2)20-16-9-15(18-11-19-16)17(22)21-8-7-13-5-3-4-6-14(13)10-21/h3-6,9,11-12H,7-8,10H2,1-2H3,(H,18,19,20). The first-order chi connectivity index (χ1) is 10.6. The van der Waals surface area contributed by atoms with E-state index in [1.165, 1.54) is 17.5 Å². The van der Waals surface area contributed by atoms with Crippen molar-refractivity contribution in [1.82, 2.24) is 14.9 Å². The second-order valence-electron chi connectivity index (χ2n) is 5.83. The van der Waals surface area contributed by atoms with Crippen molar-refractivity contribution in [2.24, 2.45) is 0 Å². The van der Waals surface area contributed by atoms with E-state index in [9.17, 15) is 4.79 Å². The number of carbonyl (C=O) groups is 1. The fraction of sp³-hybridized carbons (Fsp3) is 0.353. The summed E-state index contributed by atoms with van der Waals surface area (Å²) >= 11 is 0. The van der Waals surface area contributed by atoms with Crippen LogP contribution in [0.25, 0.3) is 0 Å². The van der Waals surface area contributed by atoms with E-state index in [4.69, 9.17) is 0 Å². The summed E-state index contributed by atoms with van der Waals surface area (Å²) in [5, 5.41) is 3.20. The molecule has 2 aromatic rings. The number of hydrogen-bond acceptors (Lipinski definition) is 4. The second-order valence-corrected chi connectivity index (χ2v) is 5.83. The molecule has 0 bridgehead atoms. The lowest BCUT2D eigenvalue weighted by Gasteiger charge is -2.28. The molecule has 0 aliphatic carbocycles. The predicted octanol–water partition coefficient (Wildman–Crippen LogP) is 2.50. The molecule has 2 heterocycles. The quantitative estimate of drug-likeness (QED) is 0.945. The SMILES string of the molecule is CC(C)Nc1cc(C(=O)N2CCc3ccccc3C2)ncn1. The van der Waals surface area contributed by atoms with E-state index in [1.807, 2.05) is 30.9 Å². The van der Waals surface area contributed by atoms with E-state index in [1.54, 1.807) is 6.07 Å². The maximum Gasteiger partial charge on any atom is 0.272 e. The average molecular weight is 296 g/mol. The minimum Gasteiger partial charge on any atom is -0.368 e. The molecule has 0 radical (unpaired) electrons. The van der Waals surface area contributed by atoms with E-state index in [0.717, 1.165) is 13.0 Å². The first kappa shape index (κ1) is 14.5. The lowest BCUT2D eigenvalue weighted by molar-refractivity contribution is 0.0728. The Morgan fingerprint density at radius 1 is 1.23 bits per heavy atom. The molecule has 3 rings (SSSR count). The average Bonchev–Trinajstić information content (AvgIpc) is 2.53. The largest absolute Gasteiger partial charge is 0.368 e. The van der Waals surface area contributed by atoms with Crippen LogP contribution in [0.3, 0.4) is 0 Å². The summed E-state index contributed by atoms with van der Waals surface area (Å²) in [4.78, 5) is 22.8. The Morgan fingerprint density at radius 3 is 2.77 bits per heavy atom. The zero-order valence-corrected chi connectivity index (χ0v) is 12.9. The van der Waals surface area contributed by atoms with Crippen molar-refractivity contribution >= 4 is 11.7 Å². The number of amides is 1. The molecule has 1 aromatic carbocycles. The van der Waals surface area contributed by atoms with E-state index >= 15 is 0 Å². The van der Waals surface area contributed by atoms with Gasteiger partial charge in [0.05, 0.1) is 0 Å². The zero-order chi connectivity index (χ0) is 15.5. The maximum atomic E-state index is 12.7. The van der Waals surface area contributed by atoms with Crippen LogP contribution >= 0.6 is 0 Å². The lowest BCUT2D eigenvalue weighted by atomic mass is 10.00. The molecule has 0 atom stereocenters. The lowest BCUT2D eigenvalue weighted by Crippen LogP contribution is -2.36. The molecule has 0 saturated heterocycles. The molecule has 0 spiro atoms. The molecular formula is C17H20N4O. The molecule has 0 saturated carbocycles.